The van der Waals surface area contributed by atoms with Gasteiger partial charge in [0.05, 0.1) is 5.56 Å². The molecule has 0 spiro atoms. The van der Waals surface area contributed by atoms with Gasteiger partial charge in [-0.15, -0.1) is 0 Å². The van der Waals surface area contributed by atoms with Crippen molar-refractivity contribution in [1.82, 2.24) is 4.90 Å². The van der Waals surface area contributed by atoms with Crippen LogP contribution in [0.5, 0.6) is 0 Å². The highest BCUT2D eigenvalue weighted by Gasteiger charge is 2.32. The van der Waals surface area contributed by atoms with Gasteiger partial charge in [-0.25, -0.2) is 9.59 Å². The number of carboxylic acids is 1. The van der Waals surface area contributed by atoms with Crippen LogP contribution < -0.4 is 4.90 Å². The Balaban J connectivity index is 1.83. The molecule has 1 saturated heterocycles. The third kappa shape index (κ3) is 2.48. The number of hydrogen-bond acceptors (Lipinski definition) is 2. The normalized spacial score (nSPS) is 21.3. The van der Waals surface area contributed by atoms with E-state index in [4.69, 9.17) is 5.11 Å². The van der Waals surface area contributed by atoms with Crippen LogP contribution in [0.1, 0.15) is 42.1 Å². The number of aromatic carboxylic acids is 1. The Bertz CT molecular complexity index is 585. The molecule has 0 aliphatic carbocycles. The number of carbonyl (C=O) groups is 2. The highest BCUT2D eigenvalue weighted by Crippen LogP contribution is 2.31. The minimum atomic E-state index is -0.924. The lowest BCUT2D eigenvalue weighted by Crippen LogP contribution is -2.49. The summed E-state index contributed by atoms with van der Waals surface area (Å²) in [6.45, 7) is 3.56. The smallest absolute Gasteiger partial charge is 0.335 e. The maximum absolute atomic E-state index is 12.7. The second kappa shape index (κ2) is 5.39. The molecule has 1 N–H and O–H groups in total. The van der Waals surface area contributed by atoms with Crippen LogP contribution in [0.15, 0.2) is 18.2 Å². The van der Waals surface area contributed by atoms with E-state index in [9.17, 15) is 9.59 Å². The number of carboxylic acid groups (broad SMARTS) is 1. The summed E-state index contributed by atoms with van der Waals surface area (Å²) in [5, 5.41) is 9.04. The van der Waals surface area contributed by atoms with E-state index in [2.05, 4.69) is 6.92 Å². The van der Waals surface area contributed by atoms with Gasteiger partial charge in [0.1, 0.15) is 0 Å². The number of nitrogens with zero attached hydrogens (tertiary/aromatic N) is 2. The molecule has 0 bridgehead atoms. The summed E-state index contributed by atoms with van der Waals surface area (Å²) >= 11 is 0. The fourth-order valence-corrected chi connectivity index (χ4v) is 3.27. The number of fused-ring (bicyclic) bond motifs is 1. The molecule has 1 atom stereocenters. The molecule has 2 aliphatic heterocycles. The van der Waals surface area contributed by atoms with Crippen molar-refractivity contribution in [3.05, 3.63) is 29.3 Å². The fourth-order valence-electron chi connectivity index (χ4n) is 3.27. The molecule has 2 amide bonds. The summed E-state index contributed by atoms with van der Waals surface area (Å²) in [5.74, 6) is -0.924. The average molecular weight is 288 g/mol. The number of rotatable bonds is 1. The van der Waals surface area contributed by atoms with Gasteiger partial charge in [0.15, 0.2) is 0 Å². The zero-order valence-corrected chi connectivity index (χ0v) is 12.2. The molecule has 1 aromatic carbocycles. The van der Waals surface area contributed by atoms with Crippen molar-refractivity contribution in [2.45, 2.75) is 38.6 Å². The fraction of sp³-hybridized carbons (Fsp3) is 0.500. The number of hydrogen-bond donors (Lipinski definition) is 1. The van der Waals surface area contributed by atoms with E-state index in [0.29, 0.717) is 6.54 Å². The molecule has 0 saturated carbocycles. The number of urea groups is 1. The average Bonchev–Trinajstić information content (AvgIpc) is 2.90. The van der Waals surface area contributed by atoms with Crippen molar-refractivity contribution in [2.24, 2.45) is 0 Å². The molecule has 2 aliphatic rings. The monoisotopic (exact) mass is 288 g/mol. The predicted molar refractivity (Wildman–Crippen MR) is 79.9 cm³/mol. The summed E-state index contributed by atoms with van der Waals surface area (Å²) in [7, 11) is 0. The maximum atomic E-state index is 12.7. The molecule has 1 unspecified atom stereocenters. The Morgan fingerprint density at radius 3 is 2.76 bits per heavy atom. The van der Waals surface area contributed by atoms with Gasteiger partial charge in [0.25, 0.3) is 0 Å². The second-order valence-electron chi connectivity index (χ2n) is 5.87. The molecule has 21 heavy (non-hydrogen) atoms. The Morgan fingerprint density at radius 1 is 1.24 bits per heavy atom. The SMILES string of the molecule is CC1CCCCN1C(=O)N1CCc2cc(C(=O)O)ccc21. The van der Waals surface area contributed by atoms with Gasteiger partial charge in [-0.05, 0) is 56.4 Å². The summed E-state index contributed by atoms with van der Waals surface area (Å²) in [6, 6.07) is 5.37. The number of anilines is 1. The summed E-state index contributed by atoms with van der Waals surface area (Å²) in [4.78, 5) is 27.5. The second-order valence-corrected chi connectivity index (χ2v) is 5.87. The standard InChI is InChI=1S/C16H20N2O3/c1-11-4-2-3-8-17(11)16(21)18-9-7-12-10-13(15(19)20)5-6-14(12)18/h5-6,10-11H,2-4,7-9H2,1H3,(H,19,20). The highest BCUT2D eigenvalue weighted by atomic mass is 16.4. The van der Waals surface area contributed by atoms with Gasteiger partial charge in [-0.3, -0.25) is 4.90 Å². The van der Waals surface area contributed by atoms with E-state index in [1.54, 1.807) is 23.1 Å². The third-order valence-electron chi connectivity index (χ3n) is 4.50. The Hall–Kier alpha value is -2.04. The van der Waals surface area contributed by atoms with Gasteiger partial charge in [-0.2, -0.15) is 0 Å². The molecule has 0 aromatic heterocycles. The van der Waals surface area contributed by atoms with Crippen molar-refractivity contribution in [1.29, 1.82) is 0 Å². The van der Waals surface area contributed by atoms with E-state index in [-0.39, 0.29) is 17.6 Å². The number of carbonyl (C=O) groups excluding carboxylic acids is 1. The number of piperidine rings is 1. The van der Waals surface area contributed by atoms with Gasteiger partial charge in [0.2, 0.25) is 0 Å². The van der Waals surface area contributed by atoms with Crippen LogP contribution in [0.25, 0.3) is 0 Å². The first-order chi connectivity index (χ1) is 10.1. The zero-order chi connectivity index (χ0) is 15.0. The molecule has 1 fully saturated rings. The van der Waals surface area contributed by atoms with Crippen molar-refractivity contribution in [2.75, 3.05) is 18.0 Å². The van der Waals surface area contributed by atoms with Crippen molar-refractivity contribution < 1.29 is 14.7 Å². The first-order valence-electron chi connectivity index (χ1n) is 7.52. The third-order valence-corrected chi connectivity index (χ3v) is 4.50. The van der Waals surface area contributed by atoms with Crippen LogP contribution in [0, 0.1) is 0 Å². The topological polar surface area (TPSA) is 60.9 Å². The minimum absolute atomic E-state index is 0.0593. The van der Waals surface area contributed by atoms with E-state index < -0.39 is 5.97 Å². The van der Waals surface area contributed by atoms with Crippen LogP contribution in [0.3, 0.4) is 0 Å². The van der Waals surface area contributed by atoms with E-state index >= 15 is 0 Å². The first kappa shape index (κ1) is 13.9. The number of likely N-dealkylation sites (tertiary alicyclic amines) is 1. The minimum Gasteiger partial charge on any atom is -0.478 e. The molecule has 0 radical (unpaired) electrons. The predicted octanol–water partition coefficient (Wildman–Crippen LogP) is 2.74. The lowest BCUT2D eigenvalue weighted by Gasteiger charge is -2.36. The van der Waals surface area contributed by atoms with Crippen molar-refractivity contribution >= 4 is 17.7 Å². The van der Waals surface area contributed by atoms with Gasteiger partial charge < -0.3 is 10.0 Å². The number of amides is 2. The molecule has 1 aromatic rings. The molecule has 2 heterocycles. The van der Waals surface area contributed by atoms with Gasteiger partial charge >= 0.3 is 12.0 Å². The van der Waals surface area contributed by atoms with Crippen LogP contribution in [-0.4, -0.2) is 41.1 Å². The summed E-state index contributed by atoms with van der Waals surface area (Å²) < 4.78 is 0. The van der Waals surface area contributed by atoms with E-state index in [1.165, 1.54) is 6.42 Å². The molecule has 3 rings (SSSR count). The van der Waals surface area contributed by atoms with Crippen LogP contribution in [-0.2, 0) is 6.42 Å². The van der Waals surface area contributed by atoms with E-state index in [1.807, 2.05) is 4.90 Å². The Labute approximate surface area is 124 Å². The number of benzene rings is 1. The lowest BCUT2D eigenvalue weighted by atomic mass is 10.0. The Kier molecular flexibility index (Phi) is 3.57. The van der Waals surface area contributed by atoms with E-state index in [0.717, 1.165) is 37.1 Å². The van der Waals surface area contributed by atoms with Crippen molar-refractivity contribution in [3.8, 4) is 0 Å². The van der Waals surface area contributed by atoms with Crippen molar-refractivity contribution in [3.63, 3.8) is 0 Å². The quantitative estimate of drug-likeness (QED) is 0.864. The molecule has 112 valence electrons. The maximum Gasteiger partial charge on any atom is 0.335 e. The summed E-state index contributed by atoms with van der Waals surface area (Å²) in [5.41, 5.74) is 2.10. The zero-order valence-electron chi connectivity index (χ0n) is 12.2. The highest BCUT2D eigenvalue weighted by molar-refractivity contribution is 5.96. The largest absolute Gasteiger partial charge is 0.478 e. The summed E-state index contributed by atoms with van der Waals surface area (Å²) in [6.07, 6.45) is 4.03. The van der Waals surface area contributed by atoms with Crippen LogP contribution >= 0.6 is 0 Å². The van der Waals surface area contributed by atoms with Crippen LogP contribution in [0.4, 0.5) is 10.5 Å². The molecule has 5 nitrogen and oxygen atoms in total. The first-order valence-corrected chi connectivity index (χ1v) is 7.52. The Morgan fingerprint density at radius 2 is 2.05 bits per heavy atom. The van der Waals surface area contributed by atoms with Gasteiger partial charge in [0, 0.05) is 24.8 Å². The molecule has 5 heteroatoms. The molecular weight excluding hydrogens is 268 g/mol. The lowest BCUT2D eigenvalue weighted by molar-refractivity contribution is 0.0697. The van der Waals surface area contributed by atoms with Crippen LogP contribution in [0.2, 0.25) is 0 Å². The molecular formula is C16H20N2O3. The van der Waals surface area contributed by atoms with Gasteiger partial charge in [-0.1, -0.05) is 0 Å².